The number of rotatable bonds is 5. The summed E-state index contributed by atoms with van der Waals surface area (Å²) in [4.78, 5) is 12.1. The Bertz CT molecular complexity index is 459. The van der Waals surface area contributed by atoms with Crippen LogP contribution >= 0.6 is 31.9 Å². The topological polar surface area (TPSA) is 49.3 Å². The largest absolute Gasteiger partial charge is 0.388 e. The van der Waals surface area contributed by atoms with Crippen LogP contribution in [0.15, 0.2) is 27.1 Å². The molecule has 1 aromatic rings. The normalized spacial score (nSPS) is 14.3. The maximum atomic E-state index is 12.1. The Hall–Kier alpha value is -0.390. The molecule has 0 saturated heterocycles. The average molecular weight is 393 g/mol. The molecule has 1 aromatic carbocycles. The number of aliphatic hydroxyl groups is 1. The lowest BCUT2D eigenvalue weighted by Gasteiger charge is -2.25. The highest BCUT2D eigenvalue weighted by molar-refractivity contribution is 9.11. The van der Waals surface area contributed by atoms with E-state index in [4.69, 9.17) is 0 Å². The van der Waals surface area contributed by atoms with Crippen LogP contribution in [-0.2, 0) is 0 Å². The van der Waals surface area contributed by atoms with Gasteiger partial charge in [-0.3, -0.25) is 4.79 Å². The minimum atomic E-state index is -0.887. The van der Waals surface area contributed by atoms with E-state index >= 15 is 0 Å². The zero-order valence-corrected chi connectivity index (χ0v) is 14.5. The second kappa shape index (κ2) is 6.86. The Labute approximate surface area is 131 Å². The molecule has 1 amide bonds. The van der Waals surface area contributed by atoms with E-state index in [2.05, 4.69) is 37.2 Å². The van der Waals surface area contributed by atoms with Crippen molar-refractivity contribution in [1.82, 2.24) is 5.32 Å². The molecule has 0 aliphatic heterocycles. The van der Waals surface area contributed by atoms with Gasteiger partial charge >= 0.3 is 0 Å². The molecule has 106 valence electrons. The Morgan fingerprint density at radius 1 is 1.42 bits per heavy atom. The van der Waals surface area contributed by atoms with Gasteiger partial charge in [0.15, 0.2) is 0 Å². The first-order chi connectivity index (χ1) is 8.71. The van der Waals surface area contributed by atoms with E-state index in [-0.39, 0.29) is 12.5 Å². The molecule has 0 bridgehead atoms. The Kier molecular flexibility index (Phi) is 6.02. The summed E-state index contributed by atoms with van der Waals surface area (Å²) < 4.78 is 1.58. The van der Waals surface area contributed by atoms with Gasteiger partial charge in [-0.05, 0) is 53.4 Å². The molecule has 0 heterocycles. The molecule has 1 atom stereocenters. The lowest BCUT2D eigenvalue weighted by atomic mass is 9.94. The van der Waals surface area contributed by atoms with Crippen LogP contribution in [-0.4, -0.2) is 23.2 Å². The van der Waals surface area contributed by atoms with E-state index in [1.165, 1.54) is 0 Å². The van der Waals surface area contributed by atoms with Crippen LogP contribution < -0.4 is 5.32 Å². The zero-order valence-electron chi connectivity index (χ0n) is 11.3. The highest BCUT2D eigenvalue weighted by Crippen LogP contribution is 2.22. The van der Waals surface area contributed by atoms with Crippen LogP contribution in [0.1, 0.15) is 37.6 Å². The van der Waals surface area contributed by atoms with Crippen molar-refractivity contribution in [2.75, 3.05) is 6.54 Å². The first kappa shape index (κ1) is 16.7. The lowest BCUT2D eigenvalue weighted by Crippen LogP contribution is -2.41. The molecule has 2 N–H and O–H groups in total. The van der Waals surface area contributed by atoms with Crippen LogP contribution in [0.5, 0.6) is 0 Å². The lowest BCUT2D eigenvalue weighted by molar-refractivity contribution is 0.0368. The number of halogens is 2. The number of carbonyl (C=O) groups is 1. The van der Waals surface area contributed by atoms with Gasteiger partial charge in [-0.2, -0.15) is 0 Å². The summed E-state index contributed by atoms with van der Waals surface area (Å²) in [6.45, 7) is 6.06. The molecule has 0 aromatic heterocycles. The first-order valence-electron chi connectivity index (χ1n) is 6.17. The SMILES string of the molecule is CC(C)CC(C)(O)CNC(=O)c1cc(Br)ccc1Br. The molecule has 0 radical (unpaired) electrons. The fraction of sp³-hybridized carbons (Fsp3) is 0.500. The van der Waals surface area contributed by atoms with Gasteiger partial charge in [-0.1, -0.05) is 29.8 Å². The molecule has 3 nitrogen and oxygen atoms in total. The molecule has 0 fully saturated rings. The van der Waals surface area contributed by atoms with Crippen LogP contribution in [0.4, 0.5) is 0 Å². The van der Waals surface area contributed by atoms with Crippen LogP contribution in [0.25, 0.3) is 0 Å². The molecule has 1 unspecified atom stereocenters. The number of carbonyl (C=O) groups excluding carboxylic acids is 1. The molecule has 0 aliphatic rings. The van der Waals surface area contributed by atoms with E-state index in [1.54, 1.807) is 13.0 Å². The van der Waals surface area contributed by atoms with E-state index in [1.807, 2.05) is 26.0 Å². The van der Waals surface area contributed by atoms with Gasteiger partial charge in [0, 0.05) is 15.5 Å². The maximum absolute atomic E-state index is 12.1. The molecular formula is C14H19Br2NO2. The van der Waals surface area contributed by atoms with Gasteiger partial charge in [-0.25, -0.2) is 0 Å². The molecule has 5 heteroatoms. The van der Waals surface area contributed by atoms with Gasteiger partial charge in [-0.15, -0.1) is 0 Å². The number of nitrogens with one attached hydrogen (secondary N) is 1. The van der Waals surface area contributed by atoms with E-state index in [0.29, 0.717) is 17.9 Å². The molecule has 0 spiro atoms. The molecule has 1 rings (SSSR count). The van der Waals surface area contributed by atoms with E-state index in [0.717, 1.165) is 8.95 Å². The third kappa shape index (κ3) is 5.63. The maximum Gasteiger partial charge on any atom is 0.252 e. The Morgan fingerprint density at radius 2 is 2.05 bits per heavy atom. The zero-order chi connectivity index (χ0) is 14.6. The number of amides is 1. The Balaban J connectivity index is 2.68. The van der Waals surface area contributed by atoms with Gasteiger partial charge in [0.2, 0.25) is 0 Å². The third-order valence-electron chi connectivity index (χ3n) is 2.65. The van der Waals surface area contributed by atoms with Crippen molar-refractivity contribution in [2.45, 2.75) is 32.8 Å². The fourth-order valence-corrected chi connectivity index (χ4v) is 2.78. The van der Waals surface area contributed by atoms with Gasteiger partial charge in [0.25, 0.3) is 5.91 Å². The number of hydrogen-bond donors (Lipinski definition) is 2. The fourth-order valence-electron chi connectivity index (χ4n) is 1.99. The van der Waals surface area contributed by atoms with Gasteiger partial charge < -0.3 is 10.4 Å². The van der Waals surface area contributed by atoms with Crippen molar-refractivity contribution < 1.29 is 9.90 Å². The van der Waals surface area contributed by atoms with Crippen molar-refractivity contribution >= 4 is 37.8 Å². The predicted octanol–water partition coefficient (Wildman–Crippen LogP) is 3.74. The van der Waals surface area contributed by atoms with Crippen molar-refractivity contribution in [3.63, 3.8) is 0 Å². The summed E-state index contributed by atoms with van der Waals surface area (Å²) in [6.07, 6.45) is 0.646. The Morgan fingerprint density at radius 3 is 2.63 bits per heavy atom. The van der Waals surface area contributed by atoms with E-state index < -0.39 is 5.60 Å². The van der Waals surface area contributed by atoms with Crippen LogP contribution in [0.3, 0.4) is 0 Å². The smallest absolute Gasteiger partial charge is 0.252 e. The average Bonchev–Trinajstić information content (AvgIpc) is 2.27. The van der Waals surface area contributed by atoms with Crippen LogP contribution in [0.2, 0.25) is 0 Å². The number of hydrogen-bond acceptors (Lipinski definition) is 2. The molecule has 0 aliphatic carbocycles. The number of benzene rings is 1. The van der Waals surface area contributed by atoms with Crippen LogP contribution in [0, 0.1) is 5.92 Å². The van der Waals surface area contributed by atoms with Crippen molar-refractivity contribution in [3.8, 4) is 0 Å². The molecule has 19 heavy (non-hydrogen) atoms. The van der Waals surface area contributed by atoms with Crippen molar-refractivity contribution in [1.29, 1.82) is 0 Å². The molecular weight excluding hydrogens is 374 g/mol. The predicted molar refractivity (Wildman–Crippen MR) is 84.3 cm³/mol. The minimum Gasteiger partial charge on any atom is -0.388 e. The monoisotopic (exact) mass is 391 g/mol. The summed E-state index contributed by atoms with van der Waals surface area (Å²) in [7, 11) is 0. The summed E-state index contributed by atoms with van der Waals surface area (Å²) in [5, 5.41) is 12.9. The van der Waals surface area contributed by atoms with Crippen molar-refractivity contribution in [3.05, 3.63) is 32.7 Å². The standard InChI is InChI=1S/C14H19Br2NO2/c1-9(2)7-14(3,19)8-17-13(18)11-6-10(15)4-5-12(11)16/h4-6,9,19H,7-8H2,1-3H3,(H,17,18). The minimum absolute atomic E-state index is 0.197. The second-order valence-corrected chi connectivity index (χ2v) is 7.17. The quantitative estimate of drug-likeness (QED) is 0.801. The highest BCUT2D eigenvalue weighted by Gasteiger charge is 2.23. The summed E-state index contributed by atoms with van der Waals surface area (Å²) in [5.41, 5.74) is -0.336. The summed E-state index contributed by atoms with van der Waals surface area (Å²) in [6, 6.07) is 5.41. The summed E-state index contributed by atoms with van der Waals surface area (Å²) >= 11 is 6.69. The third-order valence-corrected chi connectivity index (χ3v) is 3.84. The first-order valence-corrected chi connectivity index (χ1v) is 7.75. The van der Waals surface area contributed by atoms with Gasteiger partial charge in [0.1, 0.15) is 0 Å². The van der Waals surface area contributed by atoms with Gasteiger partial charge in [0.05, 0.1) is 11.2 Å². The highest BCUT2D eigenvalue weighted by atomic mass is 79.9. The summed E-state index contributed by atoms with van der Waals surface area (Å²) in [5.74, 6) is 0.182. The van der Waals surface area contributed by atoms with E-state index in [9.17, 15) is 9.90 Å². The van der Waals surface area contributed by atoms with Crippen molar-refractivity contribution in [2.24, 2.45) is 5.92 Å². The second-order valence-electron chi connectivity index (χ2n) is 5.40. The molecule has 0 saturated carbocycles.